The Hall–Kier alpha value is -1.36. The van der Waals surface area contributed by atoms with E-state index in [9.17, 15) is 8.78 Å². The Kier molecular flexibility index (Phi) is 2.10. The van der Waals surface area contributed by atoms with Gasteiger partial charge >= 0.3 is 6.29 Å². The summed E-state index contributed by atoms with van der Waals surface area (Å²) in [6.07, 6.45) is -0.0962. The third-order valence-corrected chi connectivity index (χ3v) is 3.29. The molecule has 0 saturated heterocycles. The van der Waals surface area contributed by atoms with Crippen molar-refractivity contribution >= 4 is 0 Å². The van der Waals surface area contributed by atoms with Crippen molar-refractivity contribution in [3.63, 3.8) is 0 Å². The molecule has 5 heteroatoms. The number of para-hydroxylation sites is 1. The second-order valence-corrected chi connectivity index (χ2v) is 4.77. The lowest BCUT2D eigenvalue weighted by atomic mass is 10.0. The van der Waals surface area contributed by atoms with E-state index in [1.165, 1.54) is 6.07 Å². The summed E-state index contributed by atoms with van der Waals surface area (Å²) in [5.41, 5.74) is 6.61. The first-order chi connectivity index (χ1) is 7.98. The summed E-state index contributed by atoms with van der Waals surface area (Å²) in [5, 5.41) is 0. The van der Waals surface area contributed by atoms with Gasteiger partial charge in [0.15, 0.2) is 11.5 Å². The first kappa shape index (κ1) is 10.8. The van der Waals surface area contributed by atoms with Crippen molar-refractivity contribution < 1.29 is 18.3 Å². The van der Waals surface area contributed by atoms with Crippen LogP contribution in [0.5, 0.6) is 11.5 Å². The van der Waals surface area contributed by atoms with Crippen molar-refractivity contribution in [1.82, 2.24) is 0 Å². The van der Waals surface area contributed by atoms with E-state index in [1.54, 1.807) is 12.1 Å². The molecule has 3 nitrogen and oxygen atoms in total. The van der Waals surface area contributed by atoms with Crippen molar-refractivity contribution in [3.8, 4) is 11.5 Å². The van der Waals surface area contributed by atoms with Crippen molar-refractivity contribution in [2.75, 3.05) is 0 Å². The molecule has 0 aromatic heterocycles. The lowest BCUT2D eigenvalue weighted by molar-refractivity contribution is -0.286. The summed E-state index contributed by atoms with van der Waals surface area (Å²) in [6.45, 7) is 0. The van der Waals surface area contributed by atoms with E-state index in [0.29, 0.717) is 6.42 Å². The monoisotopic (exact) mass is 241 g/mol. The molecule has 1 aliphatic carbocycles. The fourth-order valence-corrected chi connectivity index (χ4v) is 2.02. The Labute approximate surface area is 97.5 Å². The fourth-order valence-electron chi connectivity index (χ4n) is 2.02. The molecule has 92 valence electrons. The van der Waals surface area contributed by atoms with Gasteiger partial charge < -0.3 is 15.2 Å². The molecule has 0 atom stereocenters. The molecule has 2 aliphatic rings. The Morgan fingerprint density at radius 1 is 1.24 bits per heavy atom. The maximum Gasteiger partial charge on any atom is 0.586 e. The van der Waals surface area contributed by atoms with Crippen molar-refractivity contribution in [2.24, 2.45) is 5.73 Å². The van der Waals surface area contributed by atoms with Gasteiger partial charge in [-0.25, -0.2) is 0 Å². The Morgan fingerprint density at radius 3 is 2.71 bits per heavy atom. The maximum atomic E-state index is 12.9. The van der Waals surface area contributed by atoms with Crippen LogP contribution < -0.4 is 15.2 Å². The van der Waals surface area contributed by atoms with Crippen molar-refractivity contribution in [2.45, 2.75) is 37.5 Å². The van der Waals surface area contributed by atoms with Crippen molar-refractivity contribution in [1.29, 1.82) is 0 Å². The van der Waals surface area contributed by atoms with Gasteiger partial charge in [-0.3, -0.25) is 0 Å². The van der Waals surface area contributed by atoms with Gasteiger partial charge in [-0.2, -0.15) is 0 Å². The molecule has 0 unspecified atom stereocenters. The number of fused-ring (bicyclic) bond motifs is 1. The Bertz CT molecular complexity index is 458. The van der Waals surface area contributed by atoms with Gasteiger partial charge in [0, 0.05) is 5.54 Å². The lowest BCUT2D eigenvalue weighted by Crippen LogP contribution is -2.26. The number of aryl methyl sites for hydroxylation is 1. The summed E-state index contributed by atoms with van der Waals surface area (Å²) in [7, 11) is 0. The van der Waals surface area contributed by atoms with Crippen LogP contribution in [0.25, 0.3) is 0 Å². The number of ether oxygens (including phenoxy) is 2. The Morgan fingerprint density at radius 2 is 2.00 bits per heavy atom. The SMILES string of the molecule is NC1(CCc2cccc3c2OC(F)(F)O3)CC1. The quantitative estimate of drug-likeness (QED) is 0.883. The zero-order chi connectivity index (χ0) is 12.1. The van der Waals surface area contributed by atoms with Crippen LogP contribution in [0.3, 0.4) is 0 Å². The highest BCUT2D eigenvalue weighted by atomic mass is 19.3. The van der Waals surface area contributed by atoms with E-state index >= 15 is 0 Å². The number of benzene rings is 1. The van der Waals surface area contributed by atoms with Gasteiger partial charge in [-0.1, -0.05) is 12.1 Å². The molecule has 1 saturated carbocycles. The molecule has 1 aromatic carbocycles. The van der Waals surface area contributed by atoms with Gasteiger partial charge in [0.2, 0.25) is 0 Å². The molecule has 3 rings (SSSR count). The van der Waals surface area contributed by atoms with E-state index in [2.05, 4.69) is 9.47 Å². The molecule has 17 heavy (non-hydrogen) atoms. The number of hydrogen-bond donors (Lipinski definition) is 1. The number of alkyl halides is 2. The average Bonchev–Trinajstić information content (AvgIpc) is 2.87. The summed E-state index contributed by atoms with van der Waals surface area (Å²) < 4.78 is 34.8. The van der Waals surface area contributed by atoms with E-state index < -0.39 is 6.29 Å². The van der Waals surface area contributed by atoms with Crippen LogP contribution in [0.4, 0.5) is 8.78 Å². The summed E-state index contributed by atoms with van der Waals surface area (Å²) in [5.74, 6) is 0.260. The van der Waals surface area contributed by atoms with Crippen molar-refractivity contribution in [3.05, 3.63) is 23.8 Å². The smallest absolute Gasteiger partial charge is 0.395 e. The molecule has 0 spiro atoms. The zero-order valence-corrected chi connectivity index (χ0v) is 9.21. The van der Waals surface area contributed by atoms with Gasteiger partial charge in [0.1, 0.15) is 0 Å². The lowest BCUT2D eigenvalue weighted by Gasteiger charge is -2.10. The highest BCUT2D eigenvalue weighted by molar-refractivity contribution is 5.48. The highest BCUT2D eigenvalue weighted by Gasteiger charge is 2.45. The van der Waals surface area contributed by atoms with Gasteiger partial charge in [-0.15, -0.1) is 8.78 Å². The van der Waals surface area contributed by atoms with E-state index in [1.807, 2.05) is 0 Å². The standard InChI is InChI=1S/C12H13F2NO2/c13-12(14)16-9-3-1-2-8(10(9)17-12)4-5-11(15)6-7-11/h1-3H,4-7,15H2. The maximum absolute atomic E-state index is 12.9. The van der Waals surface area contributed by atoms with Crippen LogP contribution in [-0.2, 0) is 6.42 Å². The van der Waals surface area contributed by atoms with E-state index in [-0.39, 0.29) is 17.0 Å². The van der Waals surface area contributed by atoms with Crippen LogP contribution in [0.1, 0.15) is 24.8 Å². The molecular formula is C12H13F2NO2. The average molecular weight is 241 g/mol. The van der Waals surface area contributed by atoms with E-state index in [4.69, 9.17) is 5.73 Å². The summed E-state index contributed by atoms with van der Waals surface area (Å²) in [4.78, 5) is 0. The molecule has 1 fully saturated rings. The second kappa shape index (κ2) is 3.32. The van der Waals surface area contributed by atoms with E-state index in [0.717, 1.165) is 24.8 Å². The van der Waals surface area contributed by atoms with Crippen LogP contribution >= 0.6 is 0 Å². The largest absolute Gasteiger partial charge is 0.586 e. The number of halogens is 2. The zero-order valence-electron chi connectivity index (χ0n) is 9.21. The topological polar surface area (TPSA) is 44.5 Å². The van der Waals surface area contributed by atoms with Crippen LogP contribution in [0.15, 0.2) is 18.2 Å². The van der Waals surface area contributed by atoms with Crippen LogP contribution in [-0.4, -0.2) is 11.8 Å². The van der Waals surface area contributed by atoms with Crippen LogP contribution in [0.2, 0.25) is 0 Å². The third kappa shape index (κ3) is 2.07. The summed E-state index contributed by atoms with van der Waals surface area (Å²) in [6, 6.07) is 4.94. The molecule has 1 heterocycles. The fraction of sp³-hybridized carbons (Fsp3) is 0.500. The first-order valence-corrected chi connectivity index (χ1v) is 5.64. The molecule has 0 radical (unpaired) electrons. The first-order valence-electron chi connectivity index (χ1n) is 5.64. The minimum atomic E-state index is -3.54. The Balaban J connectivity index is 1.80. The summed E-state index contributed by atoms with van der Waals surface area (Å²) >= 11 is 0. The third-order valence-electron chi connectivity index (χ3n) is 3.29. The second-order valence-electron chi connectivity index (χ2n) is 4.77. The van der Waals surface area contributed by atoms with Gasteiger partial charge in [-0.05, 0) is 37.3 Å². The molecule has 0 amide bonds. The van der Waals surface area contributed by atoms with Crippen LogP contribution in [0, 0.1) is 0 Å². The molecule has 0 bridgehead atoms. The molecule has 2 N–H and O–H groups in total. The molecular weight excluding hydrogens is 228 g/mol. The predicted molar refractivity (Wildman–Crippen MR) is 57.1 cm³/mol. The predicted octanol–water partition coefficient (Wildman–Crippen LogP) is 2.43. The normalized spacial score (nSPS) is 22.5. The van der Waals surface area contributed by atoms with Gasteiger partial charge in [0.25, 0.3) is 0 Å². The highest BCUT2D eigenvalue weighted by Crippen LogP contribution is 2.45. The minimum absolute atomic E-state index is 0.0926. The number of nitrogens with two attached hydrogens (primary N) is 1. The number of rotatable bonds is 3. The minimum Gasteiger partial charge on any atom is -0.395 e. The van der Waals surface area contributed by atoms with Gasteiger partial charge in [0.05, 0.1) is 0 Å². The number of hydrogen-bond acceptors (Lipinski definition) is 3. The molecule has 1 aromatic rings. The molecule has 1 aliphatic heterocycles.